The summed E-state index contributed by atoms with van der Waals surface area (Å²) < 4.78 is 10.6. The number of carboxylic acid groups (broad SMARTS) is 1. The Bertz CT molecular complexity index is 538. The standard InChI is InChI=1S/C15H17NO5/c17-13(18)12-11-6-15(7-11,21-12)9-16-14(19)20-8-10-4-2-1-3-5-10/h1-5,11-12H,6-9H2,(H,16,19)(H,17,18). The maximum atomic E-state index is 11.6. The highest BCUT2D eigenvalue weighted by molar-refractivity contribution is 5.74. The van der Waals surface area contributed by atoms with Crippen LogP contribution in [0.4, 0.5) is 4.79 Å². The predicted octanol–water partition coefficient (Wildman–Crippen LogP) is 1.54. The SMILES string of the molecule is O=C(NCC12CC(C1)C(C(=O)O)O2)OCc1ccccc1. The summed E-state index contributed by atoms with van der Waals surface area (Å²) in [5.74, 6) is -0.851. The summed E-state index contributed by atoms with van der Waals surface area (Å²) >= 11 is 0. The highest BCUT2D eigenvalue weighted by atomic mass is 16.6. The molecular weight excluding hydrogens is 274 g/mol. The van der Waals surface area contributed by atoms with E-state index in [1.807, 2.05) is 30.3 Å². The van der Waals surface area contributed by atoms with E-state index in [2.05, 4.69) is 5.32 Å². The molecule has 1 amide bonds. The van der Waals surface area contributed by atoms with Crippen LogP contribution in [0.25, 0.3) is 0 Å². The molecule has 1 atom stereocenters. The maximum absolute atomic E-state index is 11.6. The molecule has 1 saturated carbocycles. The van der Waals surface area contributed by atoms with E-state index in [0.29, 0.717) is 19.4 Å². The van der Waals surface area contributed by atoms with Crippen molar-refractivity contribution in [1.29, 1.82) is 0 Å². The van der Waals surface area contributed by atoms with Crippen LogP contribution in [0.1, 0.15) is 18.4 Å². The largest absolute Gasteiger partial charge is 0.479 e. The number of fused-ring (bicyclic) bond motifs is 1. The number of alkyl carbamates (subject to hydrolysis) is 1. The van der Waals surface area contributed by atoms with E-state index in [0.717, 1.165) is 5.56 Å². The predicted molar refractivity (Wildman–Crippen MR) is 72.6 cm³/mol. The topological polar surface area (TPSA) is 84.9 Å². The molecule has 0 aromatic heterocycles. The van der Waals surface area contributed by atoms with Crippen molar-refractivity contribution in [3.8, 4) is 0 Å². The van der Waals surface area contributed by atoms with E-state index < -0.39 is 23.8 Å². The molecule has 4 rings (SSSR count). The second-order valence-electron chi connectivity index (χ2n) is 5.64. The first kappa shape index (κ1) is 13.9. The van der Waals surface area contributed by atoms with Gasteiger partial charge in [-0.05, 0) is 18.4 Å². The average molecular weight is 291 g/mol. The quantitative estimate of drug-likeness (QED) is 0.859. The molecule has 1 aliphatic carbocycles. The van der Waals surface area contributed by atoms with Crippen molar-refractivity contribution in [2.75, 3.05) is 6.54 Å². The smallest absolute Gasteiger partial charge is 0.407 e. The summed E-state index contributed by atoms with van der Waals surface area (Å²) in [6, 6.07) is 9.40. The van der Waals surface area contributed by atoms with Crippen molar-refractivity contribution in [2.45, 2.75) is 31.2 Å². The first-order valence-electron chi connectivity index (χ1n) is 6.93. The Morgan fingerprint density at radius 1 is 1.33 bits per heavy atom. The number of carboxylic acids is 1. The summed E-state index contributed by atoms with van der Waals surface area (Å²) in [6.07, 6.45) is 0.123. The van der Waals surface area contributed by atoms with Crippen molar-refractivity contribution >= 4 is 12.1 Å². The summed E-state index contributed by atoms with van der Waals surface area (Å²) in [6.45, 7) is 0.502. The fourth-order valence-corrected chi connectivity index (χ4v) is 3.02. The zero-order valence-electron chi connectivity index (χ0n) is 11.5. The fraction of sp³-hybridized carbons (Fsp3) is 0.467. The summed E-state index contributed by atoms with van der Waals surface area (Å²) in [5, 5.41) is 11.6. The third kappa shape index (κ3) is 2.85. The molecule has 3 aliphatic rings. The Kier molecular flexibility index (Phi) is 3.55. The molecule has 0 radical (unpaired) electrons. The van der Waals surface area contributed by atoms with Crippen LogP contribution >= 0.6 is 0 Å². The lowest BCUT2D eigenvalue weighted by molar-refractivity contribution is -0.150. The Morgan fingerprint density at radius 2 is 2.05 bits per heavy atom. The lowest BCUT2D eigenvalue weighted by atomic mass is 9.72. The summed E-state index contributed by atoms with van der Waals surface area (Å²) in [7, 11) is 0. The lowest BCUT2D eigenvalue weighted by Gasteiger charge is -2.35. The molecule has 112 valence electrons. The van der Waals surface area contributed by atoms with Crippen molar-refractivity contribution in [3.63, 3.8) is 0 Å². The van der Waals surface area contributed by atoms with Gasteiger partial charge in [-0.1, -0.05) is 30.3 Å². The lowest BCUT2D eigenvalue weighted by Crippen LogP contribution is -2.47. The van der Waals surface area contributed by atoms with Crippen LogP contribution in [0, 0.1) is 5.92 Å². The zero-order chi connectivity index (χ0) is 14.9. The van der Waals surface area contributed by atoms with Crippen LogP contribution < -0.4 is 5.32 Å². The van der Waals surface area contributed by atoms with Gasteiger partial charge in [0.1, 0.15) is 6.61 Å². The molecule has 1 aromatic rings. The average Bonchev–Trinajstić information content (AvgIpc) is 3.00. The van der Waals surface area contributed by atoms with Crippen LogP contribution in [0.2, 0.25) is 0 Å². The van der Waals surface area contributed by atoms with Crippen LogP contribution in [0.3, 0.4) is 0 Å². The van der Waals surface area contributed by atoms with Gasteiger partial charge in [0.2, 0.25) is 0 Å². The first-order chi connectivity index (χ1) is 10.1. The molecule has 0 spiro atoms. The molecule has 3 fully saturated rings. The second-order valence-corrected chi connectivity index (χ2v) is 5.64. The minimum atomic E-state index is -0.925. The molecule has 6 nitrogen and oxygen atoms in total. The van der Waals surface area contributed by atoms with Gasteiger partial charge in [-0.25, -0.2) is 9.59 Å². The summed E-state index contributed by atoms with van der Waals surface area (Å²) in [4.78, 5) is 22.6. The number of carbonyl (C=O) groups is 2. The number of carbonyl (C=O) groups excluding carboxylic acids is 1. The Labute approximate surface area is 122 Å². The number of ether oxygens (including phenoxy) is 2. The zero-order valence-corrected chi connectivity index (χ0v) is 11.5. The Balaban J connectivity index is 1.42. The minimum Gasteiger partial charge on any atom is -0.479 e. The van der Waals surface area contributed by atoms with Gasteiger partial charge in [0, 0.05) is 12.5 Å². The number of benzene rings is 1. The van der Waals surface area contributed by atoms with Crippen LogP contribution in [0.5, 0.6) is 0 Å². The van der Waals surface area contributed by atoms with Crippen molar-refractivity contribution in [2.24, 2.45) is 5.92 Å². The van der Waals surface area contributed by atoms with Crippen molar-refractivity contribution in [3.05, 3.63) is 35.9 Å². The second kappa shape index (κ2) is 5.37. The van der Waals surface area contributed by atoms with Gasteiger partial charge in [-0.15, -0.1) is 0 Å². The molecule has 2 N–H and O–H groups in total. The van der Waals surface area contributed by atoms with Gasteiger partial charge in [-0.3, -0.25) is 0 Å². The van der Waals surface area contributed by atoms with Gasteiger partial charge in [0.15, 0.2) is 6.10 Å². The molecule has 2 heterocycles. The summed E-state index contributed by atoms with van der Waals surface area (Å²) in [5.41, 5.74) is 0.400. The molecule has 2 saturated heterocycles. The van der Waals surface area contributed by atoms with Crippen molar-refractivity contribution in [1.82, 2.24) is 5.32 Å². The van der Waals surface area contributed by atoms with Crippen molar-refractivity contribution < 1.29 is 24.2 Å². The van der Waals surface area contributed by atoms with Gasteiger partial charge < -0.3 is 19.9 Å². The van der Waals surface area contributed by atoms with Gasteiger partial charge in [-0.2, -0.15) is 0 Å². The molecule has 21 heavy (non-hydrogen) atoms. The number of rotatable bonds is 5. The first-order valence-corrected chi connectivity index (χ1v) is 6.93. The molecule has 1 aromatic carbocycles. The third-order valence-corrected chi connectivity index (χ3v) is 4.08. The van der Waals surface area contributed by atoms with Gasteiger partial charge in [0.25, 0.3) is 0 Å². The maximum Gasteiger partial charge on any atom is 0.407 e. The minimum absolute atomic E-state index is 0.0737. The highest BCUT2D eigenvalue weighted by Gasteiger charge is 2.60. The molecule has 6 heteroatoms. The molecule has 1 unspecified atom stereocenters. The van der Waals surface area contributed by atoms with E-state index in [1.54, 1.807) is 0 Å². The number of hydrogen-bond acceptors (Lipinski definition) is 4. The highest BCUT2D eigenvalue weighted by Crippen LogP contribution is 2.52. The van der Waals surface area contributed by atoms with Gasteiger partial charge >= 0.3 is 12.1 Å². The van der Waals surface area contributed by atoms with E-state index in [1.165, 1.54) is 0 Å². The van der Waals surface area contributed by atoms with Crippen LogP contribution in [-0.4, -0.2) is 35.4 Å². The van der Waals surface area contributed by atoms with Gasteiger partial charge in [0.05, 0.1) is 5.60 Å². The number of aliphatic carboxylic acids is 1. The normalized spacial score (nSPS) is 29.5. The van der Waals surface area contributed by atoms with E-state index in [4.69, 9.17) is 14.6 Å². The fourth-order valence-electron chi connectivity index (χ4n) is 3.02. The Hall–Kier alpha value is -2.08. The van der Waals surface area contributed by atoms with Crippen LogP contribution in [0.15, 0.2) is 30.3 Å². The number of nitrogens with one attached hydrogen (secondary N) is 1. The number of hydrogen-bond donors (Lipinski definition) is 2. The van der Waals surface area contributed by atoms with E-state index in [9.17, 15) is 9.59 Å². The van der Waals surface area contributed by atoms with E-state index >= 15 is 0 Å². The van der Waals surface area contributed by atoms with E-state index in [-0.39, 0.29) is 12.5 Å². The molecule has 2 bridgehead atoms. The third-order valence-electron chi connectivity index (χ3n) is 4.08. The number of amides is 1. The molecular formula is C15H17NO5. The van der Waals surface area contributed by atoms with Crippen LogP contribution in [-0.2, 0) is 20.9 Å². The Morgan fingerprint density at radius 3 is 2.67 bits per heavy atom. The molecule has 2 aliphatic heterocycles. The monoisotopic (exact) mass is 291 g/mol.